The predicted octanol–water partition coefficient (Wildman–Crippen LogP) is 8.93. The summed E-state index contributed by atoms with van der Waals surface area (Å²) in [6.07, 6.45) is 20.6. The number of nitrogens with two attached hydrogens (primary N) is 2. The highest BCUT2D eigenvalue weighted by Gasteiger charge is 2.70. The number of nitrogens with zero attached hydrogens (tertiary/aromatic N) is 1. The van der Waals surface area contributed by atoms with E-state index in [9.17, 15) is 0 Å². The second kappa shape index (κ2) is 12.7. The highest BCUT2D eigenvalue weighted by Crippen LogP contribution is 2.75. The van der Waals surface area contributed by atoms with Gasteiger partial charge in [-0.25, -0.2) is 0 Å². The first-order valence-corrected chi connectivity index (χ1v) is 20.3. The van der Waals surface area contributed by atoms with E-state index in [1.165, 1.54) is 64.2 Å². The van der Waals surface area contributed by atoms with E-state index in [1.807, 2.05) is 12.5 Å². The van der Waals surface area contributed by atoms with Crippen molar-refractivity contribution in [2.75, 3.05) is 12.4 Å². The number of thioether (sulfide) groups is 1. The van der Waals surface area contributed by atoms with Gasteiger partial charge in [-0.3, -0.25) is 5.43 Å². The van der Waals surface area contributed by atoms with E-state index in [0.717, 1.165) is 17.4 Å². The summed E-state index contributed by atoms with van der Waals surface area (Å²) in [5, 5.41) is 4.03. The highest BCUT2D eigenvalue weighted by molar-refractivity contribution is 8.01. The Morgan fingerprint density at radius 1 is 1.12 bits per heavy atom. The molecule has 10 atom stereocenters. The van der Waals surface area contributed by atoms with Gasteiger partial charge in [0, 0.05) is 27.2 Å². The fraction of sp³-hybridized carbons (Fsp3) is 0.829. The van der Waals surface area contributed by atoms with Gasteiger partial charge in [0.15, 0.2) is 0 Å². The van der Waals surface area contributed by atoms with Crippen LogP contribution in [0.2, 0.25) is 0 Å². The molecule has 270 valence electrons. The summed E-state index contributed by atoms with van der Waals surface area (Å²) in [5.74, 6) is 5.32. The maximum absolute atomic E-state index is 6.75. The Morgan fingerprint density at radius 3 is 2.50 bits per heavy atom. The molecule has 1 spiro atoms. The normalized spacial score (nSPS) is 43.0. The van der Waals surface area contributed by atoms with Crippen LogP contribution in [0.3, 0.4) is 0 Å². The maximum Gasteiger partial charge on any atom is 0.112 e. The van der Waals surface area contributed by atoms with Crippen molar-refractivity contribution in [1.29, 1.82) is 0 Å². The summed E-state index contributed by atoms with van der Waals surface area (Å²) in [6.45, 7) is 25.2. The van der Waals surface area contributed by atoms with Crippen molar-refractivity contribution in [2.24, 2.45) is 68.3 Å². The standard InChI is InChI=1S/C34H55NO2S.C7H13N3/c1-22(2)24(5)33-15-14-30(7)25-9-10-27-29(6)13-16-34(27,26(25)11-12-32(30,20-33)17-18-37-33)38-19-28(29)36-21-31(8,35)23(3)4;1-5(7-3-4-7)9-10-6(2)8/h11,17-18,22-25,27-28H,9-10,12-16,19-21,35H2,1-8H3;7,10H,2-4,8H2,1H3/b;9-5+/t24-,25?,27?,28?,29+,30?,31+,32-,33-,34?;/m1./s1. The van der Waals surface area contributed by atoms with Crippen LogP contribution in [-0.2, 0) is 9.47 Å². The average molecular weight is 681 g/mol. The van der Waals surface area contributed by atoms with Gasteiger partial charge in [0.1, 0.15) is 11.4 Å². The van der Waals surface area contributed by atoms with E-state index in [4.69, 9.17) is 20.9 Å². The monoisotopic (exact) mass is 681 g/mol. The predicted molar refractivity (Wildman–Crippen MR) is 202 cm³/mol. The number of fused-ring (bicyclic) bond motifs is 3. The molecule has 2 aliphatic heterocycles. The number of hydrogen-bond donors (Lipinski definition) is 3. The van der Waals surface area contributed by atoms with Gasteiger partial charge in [-0.1, -0.05) is 66.7 Å². The molecular formula is C41H68N4O2S. The zero-order valence-electron chi connectivity index (χ0n) is 31.8. The van der Waals surface area contributed by atoms with Crippen LogP contribution in [0.25, 0.3) is 0 Å². The van der Waals surface area contributed by atoms with Gasteiger partial charge < -0.3 is 20.9 Å². The van der Waals surface area contributed by atoms with Gasteiger partial charge in [-0.2, -0.15) is 5.10 Å². The first-order valence-electron chi connectivity index (χ1n) is 19.3. The summed E-state index contributed by atoms with van der Waals surface area (Å²) < 4.78 is 13.7. The van der Waals surface area contributed by atoms with Crippen LogP contribution in [-0.4, -0.2) is 40.1 Å². The molecule has 5 fully saturated rings. The molecule has 0 aromatic carbocycles. The molecular weight excluding hydrogens is 613 g/mol. The van der Waals surface area contributed by atoms with E-state index in [-0.39, 0.29) is 22.0 Å². The van der Waals surface area contributed by atoms with E-state index >= 15 is 0 Å². The minimum absolute atomic E-state index is 0.0206. The molecule has 5 aliphatic carbocycles. The van der Waals surface area contributed by atoms with Gasteiger partial charge in [0.25, 0.3) is 0 Å². The molecule has 2 heterocycles. The lowest BCUT2D eigenvalue weighted by Gasteiger charge is -2.67. The lowest BCUT2D eigenvalue weighted by molar-refractivity contribution is -0.172. The summed E-state index contributed by atoms with van der Waals surface area (Å²) >= 11 is 2.28. The summed E-state index contributed by atoms with van der Waals surface area (Å²) in [6, 6.07) is 0. The van der Waals surface area contributed by atoms with Crippen molar-refractivity contribution in [3.63, 3.8) is 0 Å². The van der Waals surface area contributed by atoms with Crippen molar-refractivity contribution < 1.29 is 9.47 Å². The number of hydrogen-bond acceptors (Lipinski definition) is 7. The first kappa shape index (κ1) is 36.4. The van der Waals surface area contributed by atoms with Crippen molar-refractivity contribution >= 4 is 17.5 Å². The number of rotatable bonds is 9. The minimum atomic E-state index is -0.263. The molecule has 7 aliphatic rings. The lowest BCUT2D eigenvalue weighted by atomic mass is 9.41. The summed E-state index contributed by atoms with van der Waals surface area (Å²) in [7, 11) is 0. The molecule has 0 radical (unpaired) electrons. The topological polar surface area (TPSA) is 94.9 Å². The molecule has 4 saturated carbocycles. The SMILES string of the molecule is C=C(N)N/N=C(\C)C1CC1.CC(C)[C@@H](C)[C@]12CCC3(C)C4CCC5C6(CC[C@]5(C)C(OC[C@](C)(N)C(C)C)CS6)C4=CC[C@@]3(C=CO1)C2. The molecule has 7 heteroatoms. The lowest BCUT2D eigenvalue weighted by Crippen LogP contribution is -2.63. The van der Waals surface area contributed by atoms with Crippen LogP contribution in [0, 0.1) is 51.8 Å². The smallest absolute Gasteiger partial charge is 0.112 e. The highest BCUT2D eigenvalue weighted by atomic mass is 32.2. The quantitative estimate of drug-likeness (QED) is 0.128. The first-order chi connectivity index (χ1) is 22.5. The molecule has 0 aromatic heterocycles. The van der Waals surface area contributed by atoms with Crippen molar-refractivity contribution in [3.8, 4) is 0 Å². The molecule has 48 heavy (non-hydrogen) atoms. The summed E-state index contributed by atoms with van der Waals surface area (Å²) in [5.41, 5.74) is 18.1. The number of allylic oxidation sites excluding steroid dienone is 2. The van der Waals surface area contributed by atoms with Crippen LogP contribution in [0.1, 0.15) is 127 Å². The van der Waals surface area contributed by atoms with Gasteiger partial charge >= 0.3 is 0 Å². The Morgan fingerprint density at radius 2 is 1.85 bits per heavy atom. The molecule has 0 amide bonds. The number of hydrazone groups is 1. The zero-order valence-corrected chi connectivity index (χ0v) is 32.6. The Kier molecular flexibility index (Phi) is 9.58. The van der Waals surface area contributed by atoms with Crippen LogP contribution >= 0.6 is 11.8 Å². The number of ether oxygens (including phenoxy) is 2. The molecule has 6 nitrogen and oxygen atoms in total. The van der Waals surface area contributed by atoms with Gasteiger partial charge in [0.05, 0.1) is 19.0 Å². The van der Waals surface area contributed by atoms with Gasteiger partial charge in [-0.15, -0.1) is 11.8 Å². The van der Waals surface area contributed by atoms with E-state index in [1.54, 1.807) is 0 Å². The van der Waals surface area contributed by atoms with Crippen molar-refractivity contribution in [3.05, 3.63) is 36.4 Å². The Labute approximate surface area is 297 Å². The van der Waals surface area contributed by atoms with Crippen LogP contribution in [0.4, 0.5) is 0 Å². The van der Waals surface area contributed by atoms with E-state index in [0.29, 0.717) is 58.3 Å². The maximum atomic E-state index is 6.75. The fourth-order valence-electron chi connectivity index (χ4n) is 11.0. The summed E-state index contributed by atoms with van der Waals surface area (Å²) in [4.78, 5) is 0. The Hall–Kier alpha value is -1.44. The zero-order chi connectivity index (χ0) is 34.9. The van der Waals surface area contributed by atoms with E-state index in [2.05, 4.69) is 103 Å². The molecule has 5 unspecified atom stereocenters. The number of nitrogens with one attached hydrogen (secondary N) is 1. The molecule has 5 N–H and O–H groups in total. The van der Waals surface area contributed by atoms with Crippen LogP contribution in [0.5, 0.6) is 0 Å². The van der Waals surface area contributed by atoms with Gasteiger partial charge in [0.2, 0.25) is 0 Å². The Bertz CT molecular complexity index is 1340. The second-order valence-electron chi connectivity index (χ2n) is 18.6. The van der Waals surface area contributed by atoms with Gasteiger partial charge in [-0.05, 0) is 130 Å². The molecule has 7 rings (SSSR count). The Balaban J connectivity index is 0.000000345. The third kappa shape index (κ3) is 5.82. The van der Waals surface area contributed by atoms with E-state index < -0.39 is 0 Å². The van der Waals surface area contributed by atoms with Crippen molar-refractivity contribution in [2.45, 2.75) is 149 Å². The third-order valence-electron chi connectivity index (χ3n) is 15.5. The molecule has 4 bridgehead atoms. The molecule has 1 saturated heterocycles. The minimum Gasteiger partial charge on any atom is -0.495 e. The third-order valence-corrected chi connectivity index (χ3v) is 17.2. The second-order valence-corrected chi connectivity index (χ2v) is 20.0. The van der Waals surface area contributed by atoms with Crippen molar-refractivity contribution in [1.82, 2.24) is 5.43 Å². The largest absolute Gasteiger partial charge is 0.495 e. The van der Waals surface area contributed by atoms with Crippen LogP contribution in [0.15, 0.2) is 41.5 Å². The fourth-order valence-corrected chi connectivity index (χ4v) is 13.1. The molecule has 0 aromatic rings. The van der Waals surface area contributed by atoms with Crippen LogP contribution < -0.4 is 16.9 Å². The average Bonchev–Trinajstić information content (AvgIpc) is 3.86.